The third-order valence-corrected chi connectivity index (χ3v) is 2.47. The largest absolute Gasteiger partial charge is 0.381 e. The number of imidazole rings is 1. The fourth-order valence-electron chi connectivity index (χ4n) is 1.53. The molecule has 1 aromatic heterocycles. The topological polar surface area (TPSA) is 90.1 Å². The van der Waals surface area contributed by atoms with Gasteiger partial charge in [-0.05, 0) is 29.0 Å². The van der Waals surface area contributed by atoms with Crippen LogP contribution in [0.15, 0.2) is 36.8 Å². The lowest BCUT2D eigenvalue weighted by Crippen LogP contribution is -2.17. The Kier molecular flexibility index (Phi) is 3.56. The Hall–Kier alpha value is -2.70. The van der Waals surface area contributed by atoms with Gasteiger partial charge in [-0.15, -0.1) is 0 Å². The van der Waals surface area contributed by atoms with E-state index >= 15 is 0 Å². The molecule has 0 aliphatic carbocycles. The zero-order valence-corrected chi connectivity index (χ0v) is 10.2. The van der Waals surface area contributed by atoms with Crippen LogP contribution in [-0.2, 0) is 11.3 Å². The van der Waals surface area contributed by atoms with Crippen LogP contribution in [0.4, 0.5) is 11.5 Å². The van der Waals surface area contributed by atoms with E-state index < -0.39 is 4.92 Å². The van der Waals surface area contributed by atoms with E-state index in [1.165, 1.54) is 17.1 Å². The van der Waals surface area contributed by atoms with E-state index in [1.807, 2.05) is 19.1 Å². The Morgan fingerprint density at radius 1 is 1.42 bits per heavy atom. The number of hydrogen-bond donors (Lipinski definition) is 1. The lowest BCUT2D eigenvalue weighted by molar-refractivity contribution is -0.389. The maximum absolute atomic E-state index is 11.7. The number of aromatic nitrogens is 2. The van der Waals surface area contributed by atoms with Crippen molar-refractivity contribution in [3.05, 3.63) is 52.5 Å². The molecule has 1 heterocycles. The molecule has 0 atom stereocenters. The molecule has 0 unspecified atom stereocenters. The standard InChI is InChI=1S/C12H12N4O3/c1-9-2-4-10(5-3-9)14-12(17)7-15-6-11(13-8-15)16(18)19/h2-6,8H,7H2,1H3,(H,14,17). The van der Waals surface area contributed by atoms with Gasteiger partial charge in [0.1, 0.15) is 12.7 Å². The van der Waals surface area contributed by atoms with E-state index in [9.17, 15) is 14.9 Å². The minimum atomic E-state index is -0.603. The fourth-order valence-corrected chi connectivity index (χ4v) is 1.53. The highest BCUT2D eigenvalue weighted by molar-refractivity contribution is 5.90. The van der Waals surface area contributed by atoms with E-state index in [1.54, 1.807) is 12.1 Å². The smallest absolute Gasteiger partial charge is 0.358 e. The average molecular weight is 260 g/mol. The van der Waals surface area contributed by atoms with Crippen molar-refractivity contribution in [3.63, 3.8) is 0 Å². The third-order valence-electron chi connectivity index (χ3n) is 2.47. The molecule has 1 amide bonds. The van der Waals surface area contributed by atoms with Crippen molar-refractivity contribution in [1.82, 2.24) is 9.55 Å². The summed E-state index contributed by atoms with van der Waals surface area (Å²) in [6.45, 7) is 1.94. The van der Waals surface area contributed by atoms with Gasteiger partial charge in [-0.2, -0.15) is 0 Å². The second kappa shape index (κ2) is 5.30. The summed E-state index contributed by atoms with van der Waals surface area (Å²) in [5.41, 5.74) is 1.79. The molecule has 98 valence electrons. The first-order valence-electron chi connectivity index (χ1n) is 5.57. The van der Waals surface area contributed by atoms with Gasteiger partial charge in [-0.3, -0.25) is 4.79 Å². The first kappa shape index (κ1) is 12.7. The van der Waals surface area contributed by atoms with Gasteiger partial charge < -0.3 is 20.0 Å². The first-order chi connectivity index (χ1) is 9.04. The molecule has 1 N–H and O–H groups in total. The van der Waals surface area contributed by atoms with Crippen molar-refractivity contribution in [3.8, 4) is 0 Å². The number of carbonyl (C=O) groups excluding carboxylic acids is 1. The molecule has 0 bridgehead atoms. The summed E-state index contributed by atoms with van der Waals surface area (Å²) in [6.07, 6.45) is 2.47. The number of nitro groups is 1. The molecule has 2 aromatic rings. The van der Waals surface area contributed by atoms with Crippen molar-refractivity contribution in [2.24, 2.45) is 0 Å². The van der Waals surface area contributed by atoms with Crippen LogP contribution in [0.3, 0.4) is 0 Å². The van der Waals surface area contributed by atoms with E-state index in [0.29, 0.717) is 5.69 Å². The van der Waals surface area contributed by atoms with Crippen molar-refractivity contribution in [1.29, 1.82) is 0 Å². The number of carbonyl (C=O) groups is 1. The highest BCUT2D eigenvalue weighted by atomic mass is 16.6. The summed E-state index contributed by atoms with van der Waals surface area (Å²) in [5.74, 6) is -0.542. The number of benzene rings is 1. The van der Waals surface area contributed by atoms with Gasteiger partial charge in [0, 0.05) is 5.69 Å². The number of anilines is 1. The predicted octanol–water partition coefficient (Wildman–Crippen LogP) is 1.74. The van der Waals surface area contributed by atoms with Gasteiger partial charge in [-0.1, -0.05) is 17.7 Å². The highest BCUT2D eigenvalue weighted by Crippen LogP contribution is 2.09. The molecular formula is C12H12N4O3. The zero-order chi connectivity index (χ0) is 13.8. The van der Waals surface area contributed by atoms with Gasteiger partial charge in [0.2, 0.25) is 12.2 Å². The van der Waals surface area contributed by atoms with E-state index in [-0.39, 0.29) is 18.3 Å². The van der Waals surface area contributed by atoms with Gasteiger partial charge in [0.25, 0.3) is 0 Å². The molecule has 0 saturated carbocycles. The van der Waals surface area contributed by atoms with Crippen molar-refractivity contribution in [2.45, 2.75) is 13.5 Å². The number of hydrogen-bond acceptors (Lipinski definition) is 4. The lowest BCUT2D eigenvalue weighted by Gasteiger charge is -2.05. The third kappa shape index (κ3) is 3.38. The van der Waals surface area contributed by atoms with Crippen LogP contribution in [0.25, 0.3) is 0 Å². The Bertz CT molecular complexity index is 604. The van der Waals surface area contributed by atoms with Gasteiger partial charge in [0.15, 0.2) is 0 Å². The average Bonchev–Trinajstić information content (AvgIpc) is 2.80. The number of aryl methyl sites for hydroxylation is 1. The molecule has 0 radical (unpaired) electrons. The fraction of sp³-hybridized carbons (Fsp3) is 0.167. The molecule has 2 rings (SSSR count). The van der Waals surface area contributed by atoms with Crippen LogP contribution in [0.5, 0.6) is 0 Å². The van der Waals surface area contributed by atoms with Crippen LogP contribution in [-0.4, -0.2) is 20.4 Å². The first-order valence-corrected chi connectivity index (χ1v) is 5.57. The summed E-state index contributed by atoms with van der Waals surface area (Å²) in [7, 11) is 0. The molecule has 7 nitrogen and oxygen atoms in total. The molecule has 0 saturated heterocycles. The summed E-state index contributed by atoms with van der Waals surface area (Å²) in [4.78, 5) is 25.1. The van der Waals surface area contributed by atoms with Gasteiger partial charge in [-0.25, -0.2) is 0 Å². The maximum Gasteiger partial charge on any atom is 0.381 e. The number of rotatable bonds is 4. The van der Waals surface area contributed by atoms with Crippen molar-refractivity contribution < 1.29 is 9.72 Å². The summed E-state index contributed by atoms with van der Waals surface area (Å²) < 4.78 is 1.36. The molecule has 1 aromatic carbocycles. The van der Waals surface area contributed by atoms with Crippen LogP contribution < -0.4 is 5.32 Å². The van der Waals surface area contributed by atoms with Crippen LogP contribution in [0, 0.1) is 17.0 Å². The van der Waals surface area contributed by atoms with Gasteiger partial charge >= 0.3 is 5.82 Å². The summed E-state index contributed by atoms with van der Waals surface area (Å²) >= 11 is 0. The molecule has 0 aliphatic rings. The highest BCUT2D eigenvalue weighted by Gasteiger charge is 2.11. The van der Waals surface area contributed by atoms with E-state index in [2.05, 4.69) is 10.3 Å². The summed E-state index contributed by atoms with van der Waals surface area (Å²) in [6, 6.07) is 7.36. The lowest BCUT2D eigenvalue weighted by atomic mass is 10.2. The number of nitrogens with zero attached hydrogens (tertiary/aromatic N) is 3. The SMILES string of the molecule is Cc1ccc(NC(=O)Cn2cnc([N+](=O)[O-])c2)cc1. The second-order valence-corrected chi connectivity index (χ2v) is 4.08. The quantitative estimate of drug-likeness (QED) is 0.669. The van der Waals surface area contributed by atoms with Crippen LogP contribution in [0.2, 0.25) is 0 Å². The molecular weight excluding hydrogens is 248 g/mol. The molecule has 19 heavy (non-hydrogen) atoms. The predicted molar refractivity (Wildman–Crippen MR) is 68.7 cm³/mol. The second-order valence-electron chi connectivity index (χ2n) is 4.08. The maximum atomic E-state index is 11.7. The van der Waals surface area contributed by atoms with Crippen LogP contribution in [0.1, 0.15) is 5.56 Å². The normalized spacial score (nSPS) is 10.2. The Morgan fingerprint density at radius 2 is 2.11 bits per heavy atom. The zero-order valence-electron chi connectivity index (χ0n) is 10.2. The van der Waals surface area contributed by atoms with Gasteiger partial charge in [0.05, 0.1) is 0 Å². The van der Waals surface area contributed by atoms with Crippen molar-refractivity contribution in [2.75, 3.05) is 5.32 Å². The molecule has 7 heteroatoms. The minimum absolute atomic E-state index is 0.0191. The monoisotopic (exact) mass is 260 g/mol. The Balaban J connectivity index is 1.97. The Morgan fingerprint density at radius 3 is 2.68 bits per heavy atom. The molecule has 0 spiro atoms. The van der Waals surface area contributed by atoms with Crippen LogP contribution >= 0.6 is 0 Å². The minimum Gasteiger partial charge on any atom is -0.358 e. The Labute approximate surface area is 109 Å². The molecule has 0 fully saturated rings. The number of amides is 1. The number of nitrogens with one attached hydrogen (secondary N) is 1. The summed E-state index contributed by atoms with van der Waals surface area (Å²) in [5, 5.41) is 13.2. The van der Waals surface area contributed by atoms with E-state index in [4.69, 9.17) is 0 Å². The van der Waals surface area contributed by atoms with Crippen molar-refractivity contribution >= 4 is 17.4 Å². The van der Waals surface area contributed by atoms with E-state index in [0.717, 1.165) is 5.56 Å². The molecule has 0 aliphatic heterocycles.